The van der Waals surface area contributed by atoms with E-state index in [1.165, 1.54) is 0 Å². The van der Waals surface area contributed by atoms with Crippen molar-refractivity contribution in [3.8, 4) is 0 Å². The Morgan fingerprint density at radius 3 is 1.52 bits per heavy atom. The highest BCUT2D eigenvalue weighted by Gasteiger charge is 2.28. The molecule has 5 N–H and O–H groups in total. The quantitative estimate of drug-likeness (QED) is 0.0167. The van der Waals surface area contributed by atoms with Gasteiger partial charge in [0, 0.05) is 12.8 Å². The van der Waals surface area contributed by atoms with E-state index in [1.807, 2.05) is 30.4 Å². The molecule has 0 amide bonds. The Kier molecular flexibility index (Phi) is 40.2. The van der Waals surface area contributed by atoms with Gasteiger partial charge >= 0.3 is 27.6 Å². The van der Waals surface area contributed by atoms with Crippen LogP contribution < -0.4 is 0 Å². The van der Waals surface area contributed by atoms with E-state index < -0.39 is 66.2 Å². The molecule has 0 saturated carbocycles. The number of phosphoric ester groups is 2. The van der Waals surface area contributed by atoms with Gasteiger partial charge in [-0.05, 0) is 89.9 Å². The number of carbonyl (C=O) groups is 2. The Morgan fingerprint density at radius 1 is 0.516 bits per heavy atom. The summed E-state index contributed by atoms with van der Waals surface area (Å²) in [6, 6.07) is 0. The number of aliphatic hydroxyl groups excluding tert-OH is 2. The topological polar surface area (TPSA) is 216 Å². The van der Waals surface area contributed by atoms with Gasteiger partial charge in [-0.25, -0.2) is 9.13 Å². The van der Waals surface area contributed by atoms with Gasteiger partial charge in [-0.2, -0.15) is 0 Å². The van der Waals surface area contributed by atoms with Crippen LogP contribution in [0.25, 0.3) is 0 Å². The molecule has 0 aromatic rings. The fourth-order valence-corrected chi connectivity index (χ4v) is 6.42. The first-order chi connectivity index (χ1) is 30.8. The highest BCUT2D eigenvalue weighted by Crippen LogP contribution is 2.43. The molecule has 1 unspecified atom stereocenters. The number of hydrogen-bond acceptors (Lipinski definition) is 11. The molecule has 0 rings (SSSR count). The van der Waals surface area contributed by atoms with Crippen molar-refractivity contribution in [2.24, 2.45) is 0 Å². The molecule has 14 nitrogen and oxygen atoms in total. The van der Waals surface area contributed by atoms with Crippen molar-refractivity contribution < 1.29 is 66.7 Å². The molecule has 4 atom stereocenters. The molecule has 0 radical (unpaired) electrons. The second-order valence-electron chi connectivity index (χ2n) is 14.8. The summed E-state index contributed by atoms with van der Waals surface area (Å²) in [5, 5.41) is 19.6. The Morgan fingerprint density at radius 2 is 0.984 bits per heavy atom. The van der Waals surface area contributed by atoms with Gasteiger partial charge in [0.25, 0.3) is 0 Å². The van der Waals surface area contributed by atoms with Crippen molar-refractivity contribution in [3.63, 3.8) is 0 Å². The SMILES string of the molecule is CC/C=C\C/C=C\C/C=C\C/C=C\C/C=C\CCCCCC(=O)OC[C@H](COP(=O)(O)OC[C@@H](O)COP(=O)(O)O)OC(=O)CCC/C=C\C/C=C\C/C=C\C/C=C\[C@H](O)CCCC. The fraction of sp³-hybridized carbons (Fsp3) is 0.583. The van der Waals surface area contributed by atoms with E-state index in [4.69, 9.17) is 23.8 Å². The number of allylic oxidation sites excluding steroid dienone is 17. The number of rotatable bonds is 41. The van der Waals surface area contributed by atoms with Crippen LogP contribution in [-0.2, 0) is 41.8 Å². The van der Waals surface area contributed by atoms with Crippen molar-refractivity contribution in [3.05, 3.63) is 109 Å². The zero-order valence-electron chi connectivity index (χ0n) is 38.2. The first-order valence-electron chi connectivity index (χ1n) is 22.7. The first-order valence-corrected chi connectivity index (χ1v) is 25.7. The minimum absolute atomic E-state index is 0.0242. The lowest BCUT2D eigenvalue weighted by Gasteiger charge is -2.20. The average Bonchev–Trinajstić information content (AvgIpc) is 3.25. The van der Waals surface area contributed by atoms with Crippen LogP contribution in [0.4, 0.5) is 0 Å². The second kappa shape index (κ2) is 42.4. The van der Waals surface area contributed by atoms with E-state index in [1.54, 1.807) is 0 Å². The zero-order valence-corrected chi connectivity index (χ0v) is 40.0. The van der Waals surface area contributed by atoms with Gasteiger partial charge in [0.05, 0.1) is 25.9 Å². The minimum atomic E-state index is -4.88. The third-order valence-corrected chi connectivity index (χ3v) is 10.1. The number of unbranched alkanes of at least 4 members (excludes halogenated alkanes) is 5. The summed E-state index contributed by atoms with van der Waals surface area (Å²) >= 11 is 0. The summed E-state index contributed by atoms with van der Waals surface area (Å²) in [4.78, 5) is 52.7. The summed E-state index contributed by atoms with van der Waals surface area (Å²) in [6.45, 7) is 1.36. The van der Waals surface area contributed by atoms with Crippen molar-refractivity contribution in [2.75, 3.05) is 26.4 Å². The molecule has 364 valence electrons. The van der Waals surface area contributed by atoms with Crippen LogP contribution in [0.15, 0.2) is 109 Å². The Labute approximate surface area is 383 Å². The van der Waals surface area contributed by atoms with Crippen LogP contribution in [0.1, 0.15) is 136 Å². The summed E-state index contributed by atoms with van der Waals surface area (Å²) in [5.41, 5.74) is 0. The molecule has 0 aliphatic rings. The Balaban J connectivity index is 4.69. The van der Waals surface area contributed by atoms with Crippen molar-refractivity contribution >= 4 is 27.6 Å². The van der Waals surface area contributed by atoms with Gasteiger partial charge in [-0.1, -0.05) is 142 Å². The maximum Gasteiger partial charge on any atom is 0.472 e. The van der Waals surface area contributed by atoms with Gasteiger partial charge in [-0.3, -0.25) is 23.2 Å². The zero-order chi connectivity index (χ0) is 47.4. The molecule has 0 heterocycles. The molecule has 0 saturated heterocycles. The van der Waals surface area contributed by atoms with Crippen LogP contribution in [0.3, 0.4) is 0 Å². The van der Waals surface area contributed by atoms with E-state index in [0.29, 0.717) is 19.3 Å². The van der Waals surface area contributed by atoms with Crippen molar-refractivity contribution in [1.29, 1.82) is 0 Å². The van der Waals surface area contributed by atoms with Crippen LogP contribution in [-0.4, -0.2) is 81.6 Å². The lowest BCUT2D eigenvalue weighted by atomic mass is 10.1. The van der Waals surface area contributed by atoms with Gasteiger partial charge in [0.15, 0.2) is 6.10 Å². The fourth-order valence-electron chi connectivity index (χ4n) is 5.27. The number of phosphoric acid groups is 2. The maximum absolute atomic E-state index is 12.7. The van der Waals surface area contributed by atoms with E-state index in [0.717, 1.165) is 89.9 Å². The molecule has 0 fully saturated rings. The number of carbonyl (C=O) groups excluding carboxylic acids is 2. The van der Waals surface area contributed by atoms with Crippen LogP contribution >= 0.6 is 15.6 Å². The highest BCUT2D eigenvalue weighted by molar-refractivity contribution is 7.47. The standard InChI is InChI=1S/C48H78O14P2/c1-3-5-7-8-9-10-11-12-13-14-15-16-17-18-22-25-28-31-34-38-47(51)58-42-46(43-61-64(56,57)60-41-45(50)40-59-63(53,54)55)62-48(52)39-35-32-29-26-23-20-19-21-24-27-30-33-37-44(49)36-6-4-2/h5,7,9-10,12-13,15-16,18-20,22,24,26-27,29,33,37,44-46,49-50H,3-4,6,8,11,14,17,21,23,25,28,30-32,34-36,38-43H2,1-2H3,(H,56,57)(H2,53,54,55)/b7-5-,10-9-,13-12-,16-15-,20-19-,22-18-,27-24-,29-26-,37-33-/t44-,45+,46-/m1/s1. The monoisotopic (exact) mass is 940 g/mol. The third kappa shape index (κ3) is 45.3. The van der Waals surface area contributed by atoms with Crippen LogP contribution in [0.2, 0.25) is 0 Å². The van der Waals surface area contributed by atoms with Gasteiger partial charge < -0.3 is 34.4 Å². The predicted molar refractivity (Wildman–Crippen MR) is 254 cm³/mol. The number of hydrogen-bond donors (Lipinski definition) is 5. The van der Waals surface area contributed by atoms with E-state index in [-0.39, 0.29) is 18.9 Å². The van der Waals surface area contributed by atoms with Crippen molar-refractivity contribution in [2.45, 2.75) is 154 Å². The summed E-state index contributed by atoms with van der Waals surface area (Å²) in [6.07, 6.45) is 48.5. The second-order valence-corrected chi connectivity index (χ2v) is 17.4. The molecule has 16 heteroatoms. The van der Waals surface area contributed by atoms with Gasteiger partial charge in [0.2, 0.25) is 0 Å². The highest BCUT2D eigenvalue weighted by atomic mass is 31.2. The molecular formula is C48H78O14P2. The lowest BCUT2D eigenvalue weighted by molar-refractivity contribution is -0.161. The lowest BCUT2D eigenvalue weighted by Crippen LogP contribution is -2.29. The first kappa shape index (κ1) is 60.7. The number of esters is 2. The Bertz CT molecular complexity index is 1560. The van der Waals surface area contributed by atoms with E-state index in [2.05, 4.69) is 102 Å². The molecule has 0 bridgehead atoms. The van der Waals surface area contributed by atoms with Crippen LogP contribution in [0, 0.1) is 0 Å². The van der Waals surface area contributed by atoms with Gasteiger partial charge in [0.1, 0.15) is 12.7 Å². The molecule has 64 heavy (non-hydrogen) atoms. The predicted octanol–water partition coefficient (Wildman–Crippen LogP) is 10.9. The molecule has 0 aliphatic heterocycles. The molecule has 0 aromatic carbocycles. The van der Waals surface area contributed by atoms with Crippen molar-refractivity contribution in [1.82, 2.24) is 0 Å². The average molecular weight is 941 g/mol. The minimum Gasteiger partial charge on any atom is -0.462 e. The van der Waals surface area contributed by atoms with E-state index in [9.17, 15) is 33.8 Å². The summed E-state index contributed by atoms with van der Waals surface area (Å²) in [7, 11) is -9.73. The van der Waals surface area contributed by atoms with Crippen LogP contribution in [0.5, 0.6) is 0 Å². The summed E-state index contributed by atoms with van der Waals surface area (Å²) < 4.78 is 47.7. The molecule has 0 aliphatic carbocycles. The smallest absolute Gasteiger partial charge is 0.462 e. The largest absolute Gasteiger partial charge is 0.472 e. The molecule has 0 spiro atoms. The van der Waals surface area contributed by atoms with Gasteiger partial charge in [-0.15, -0.1) is 0 Å². The number of ether oxygens (including phenoxy) is 2. The maximum atomic E-state index is 12.7. The normalized spacial score (nSPS) is 15.4. The van der Waals surface area contributed by atoms with E-state index >= 15 is 0 Å². The Hall–Kier alpha value is -3.26. The number of aliphatic hydroxyl groups is 2. The third-order valence-electron chi connectivity index (χ3n) is 8.71. The summed E-state index contributed by atoms with van der Waals surface area (Å²) in [5.74, 6) is -1.17. The molecule has 0 aromatic heterocycles. The molecular weight excluding hydrogens is 862 g/mol.